The number of aliphatic hydroxyl groups is 1. The molecule has 1 saturated carbocycles. The summed E-state index contributed by atoms with van der Waals surface area (Å²) in [6, 6.07) is 0. The molecule has 0 radical (unpaired) electrons. The summed E-state index contributed by atoms with van der Waals surface area (Å²) in [5.41, 5.74) is 7.30. The van der Waals surface area contributed by atoms with Gasteiger partial charge in [0.1, 0.15) is 0 Å². The van der Waals surface area contributed by atoms with Gasteiger partial charge in [0, 0.05) is 25.6 Å². The van der Waals surface area contributed by atoms with E-state index in [1.54, 1.807) is 0 Å². The Morgan fingerprint density at radius 3 is 2.27 bits per heavy atom. The van der Waals surface area contributed by atoms with Crippen molar-refractivity contribution in [1.82, 2.24) is 21.5 Å². The molecule has 0 aromatic heterocycles. The molecule has 1 atom stereocenters. The first-order chi connectivity index (χ1) is 10.6. The first kappa shape index (κ1) is 18.7. The molecule has 0 saturated heterocycles. The van der Waals surface area contributed by atoms with E-state index in [1.165, 1.54) is 0 Å². The third kappa shape index (κ3) is 6.20. The van der Waals surface area contributed by atoms with Crippen LogP contribution in [0.3, 0.4) is 0 Å². The molecule has 0 bridgehead atoms. The molecule has 9 heteroatoms. The minimum absolute atomic E-state index is 0.123. The standard InChI is InChI=1S/C13H24N6OS2/c1-3-14-12(21)18-16-10-6-5-9(7-8-20)11(10)17-19-13(22)15-4-2/h9,20H,3-8H2,1-2H3,(H2,14,18,21)(H2,15,19,22)/b16-10+,17-11?. The number of hydrazone groups is 2. The van der Waals surface area contributed by atoms with Gasteiger partial charge in [-0.1, -0.05) is 0 Å². The summed E-state index contributed by atoms with van der Waals surface area (Å²) in [4.78, 5) is 0. The van der Waals surface area contributed by atoms with Crippen LogP contribution in [0.15, 0.2) is 10.2 Å². The molecule has 0 spiro atoms. The highest BCUT2D eigenvalue weighted by Crippen LogP contribution is 2.23. The average Bonchev–Trinajstić information content (AvgIpc) is 2.86. The van der Waals surface area contributed by atoms with E-state index < -0.39 is 0 Å². The summed E-state index contributed by atoms with van der Waals surface area (Å²) in [7, 11) is 0. The van der Waals surface area contributed by atoms with Crippen LogP contribution in [0.1, 0.15) is 33.1 Å². The number of aliphatic hydroxyl groups excluding tert-OH is 1. The highest BCUT2D eigenvalue weighted by Gasteiger charge is 2.28. The van der Waals surface area contributed by atoms with E-state index in [-0.39, 0.29) is 12.5 Å². The second-order valence-electron chi connectivity index (χ2n) is 4.75. The minimum Gasteiger partial charge on any atom is -0.396 e. The van der Waals surface area contributed by atoms with Gasteiger partial charge in [-0.25, -0.2) is 0 Å². The predicted molar refractivity (Wildman–Crippen MR) is 98.1 cm³/mol. The zero-order chi connectivity index (χ0) is 16.4. The molecule has 124 valence electrons. The molecule has 0 aromatic carbocycles. The second kappa shape index (κ2) is 10.4. The molecule has 0 heterocycles. The largest absolute Gasteiger partial charge is 0.396 e. The van der Waals surface area contributed by atoms with Crippen LogP contribution in [0, 0.1) is 5.92 Å². The van der Waals surface area contributed by atoms with E-state index in [2.05, 4.69) is 31.7 Å². The summed E-state index contributed by atoms with van der Waals surface area (Å²) in [6.07, 6.45) is 2.36. The number of hydrogen-bond donors (Lipinski definition) is 5. The Kier molecular flexibility index (Phi) is 8.86. The lowest BCUT2D eigenvalue weighted by molar-refractivity contribution is 0.273. The molecule has 1 unspecified atom stereocenters. The Bertz CT molecular complexity index is 452. The zero-order valence-electron chi connectivity index (χ0n) is 13.0. The minimum atomic E-state index is 0.123. The van der Waals surface area contributed by atoms with Crippen molar-refractivity contribution in [3.63, 3.8) is 0 Å². The number of thiocarbonyl (C=S) groups is 2. The normalized spacial score (nSPS) is 21.0. The van der Waals surface area contributed by atoms with E-state index >= 15 is 0 Å². The summed E-state index contributed by atoms with van der Waals surface area (Å²) in [6.45, 7) is 5.52. The smallest absolute Gasteiger partial charge is 0.186 e. The fourth-order valence-electron chi connectivity index (χ4n) is 2.15. The Labute approximate surface area is 142 Å². The van der Waals surface area contributed by atoms with Gasteiger partial charge in [0.05, 0.1) is 11.4 Å². The fraction of sp³-hybridized carbons (Fsp3) is 0.692. The van der Waals surface area contributed by atoms with Crippen molar-refractivity contribution in [3.8, 4) is 0 Å². The van der Waals surface area contributed by atoms with Gasteiger partial charge >= 0.3 is 0 Å². The molecule has 0 aliphatic heterocycles. The van der Waals surface area contributed by atoms with Crippen molar-refractivity contribution in [2.75, 3.05) is 19.7 Å². The highest BCUT2D eigenvalue weighted by atomic mass is 32.1. The van der Waals surface area contributed by atoms with E-state index in [9.17, 15) is 5.11 Å². The molecule has 0 aromatic rings. The fourth-order valence-corrected chi connectivity index (χ4v) is 2.53. The van der Waals surface area contributed by atoms with Crippen molar-refractivity contribution in [2.45, 2.75) is 33.1 Å². The quantitative estimate of drug-likeness (QED) is 0.353. The molecule has 1 rings (SSSR count). The van der Waals surface area contributed by atoms with Crippen LogP contribution in [-0.2, 0) is 0 Å². The summed E-state index contributed by atoms with van der Waals surface area (Å²) < 4.78 is 0. The molecule has 1 aliphatic carbocycles. The van der Waals surface area contributed by atoms with Gasteiger partial charge in [0.15, 0.2) is 10.2 Å². The molecule has 1 aliphatic rings. The van der Waals surface area contributed by atoms with Gasteiger partial charge in [-0.2, -0.15) is 10.2 Å². The zero-order valence-corrected chi connectivity index (χ0v) is 14.6. The van der Waals surface area contributed by atoms with Gasteiger partial charge in [-0.3, -0.25) is 10.9 Å². The number of nitrogens with one attached hydrogen (secondary N) is 4. The van der Waals surface area contributed by atoms with Gasteiger partial charge in [-0.05, 0) is 57.5 Å². The average molecular weight is 345 g/mol. The van der Waals surface area contributed by atoms with Crippen LogP contribution in [0.4, 0.5) is 0 Å². The molecule has 7 nitrogen and oxygen atoms in total. The maximum absolute atomic E-state index is 9.18. The lowest BCUT2D eigenvalue weighted by Crippen LogP contribution is -2.35. The highest BCUT2D eigenvalue weighted by molar-refractivity contribution is 7.80. The Morgan fingerprint density at radius 1 is 1.14 bits per heavy atom. The van der Waals surface area contributed by atoms with Crippen LogP contribution in [0.2, 0.25) is 0 Å². The lowest BCUT2D eigenvalue weighted by atomic mass is 10.0. The summed E-state index contributed by atoms with van der Waals surface area (Å²) in [5, 5.41) is 24.8. The second-order valence-corrected chi connectivity index (χ2v) is 5.56. The number of hydrogen-bond acceptors (Lipinski definition) is 5. The predicted octanol–water partition coefficient (Wildman–Crippen LogP) is 0.459. The van der Waals surface area contributed by atoms with Crippen LogP contribution in [0.25, 0.3) is 0 Å². The van der Waals surface area contributed by atoms with Gasteiger partial charge in [0.25, 0.3) is 0 Å². The van der Waals surface area contributed by atoms with Crippen LogP contribution >= 0.6 is 24.4 Å². The number of rotatable bonds is 6. The summed E-state index contributed by atoms with van der Waals surface area (Å²) >= 11 is 10.2. The van der Waals surface area contributed by atoms with Crippen molar-refractivity contribution in [2.24, 2.45) is 16.1 Å². The number of nitrogens with zero attached hydrogens (tertiary/aromatic N) is 2. The molecule has 22 heavy (non-hydrogen) atoms. The van der Waals surface area contributed by atoms with E-state index in [0.717, 1.165) is 37.4 Å². The molecule has 0 amide bonds. The molecule has 5 N–H and O–H groups in total. The third-order valence-electron chi connectivity index (χ3n) is 3.13. The van der Waals surface area contributed by atoms with E-state index in [0.29, 0.717) is 16.6 Å². The van der Waals surface area contributed by atoms with Crippen LogP contribution < -0.4 is 21.5 Å². The van der Waals surface area contributed by atoms with Crippen molar-refractivity contribution in [1.29, 1.82) is 0 Å². The Morgan fingerprint density at radius 2 is 1.73 bits per heavy atom. The van der Waals surface area contributed by atoms with Crippen LogP contribution in [-0.4, -0.2) is 46.5 Å². The molecular weight excluding hydrogens is 320 g/mol. The Hall–Kier alpha value is -1.32. The van der Waals surface area contributed by atoms with E-state index in [4.69, 9.17) is 24.4 Å². The van der Waals surface area contributed by atoms with Crippen LogP contribution in [0.5, 0.6) is 0 Å². The first-order valence-corrected chi connectivity index (χ1v) is 8.27. The third-order valence-corrected chi connectivity index (χ3v) is 3.61. The summed E-state index contributed by atoms with van der Waals surface area (Å²) in [5.74, 6) is 0.176. The maximum Gasteiger partial charge on any atom is 0.186 e. The SMILES string of the molecule is CCNC(=S)NN=C1/C(=N/NC(=S)NCC)CCC1CCO. The monoisotopic (exact) mass is 344 g/mol. The van der Waals surface area contributed by atoms with Crippen molar-refractivity contribution >= 4 is 46.1 Å². The maximum atomic E-state index is 9.18. The topological polar surface area (TPSA) is 93.1 Å². The molecule has 1 fully saturated rings. The Balaban J connectivity index is 2.77. The van der Waals surface area contributed by atoms with Crippen molar-refractivity contribution < 1.29 is 5.11 Å². The van der Waals surface area contributed by atoms with Gasteiger partial charge in [0.2, 0.25) is 0 Å². The van der Waals surface area contributed by atoms with Gasteiger partial charge in [-0.15, -0.1) is 0 Å². The lowest BCUT2D eigenvalue weighted by Gasteiger charge is -2.11. The molecular formula is C13H24N6OS2. The first-order valence-electron chi connectivity index (χ1n) is 7.45. The van der Waals surface area contributed by atoms with E-state index in [1.807, 2.05) is 13.8 Å². The van der Waals surface area contributed by atoms with Crippen molar-refractivity contribution in [3.05, 3.63) is 0 Å². The van der Waals surface area contributed by atoms with Gasteiger partial charge < -0.3 is 15.7 Å².